The van der Waals surface area contributed by atoms with Gasteiger partial charge < -0.3 is 15.3 Å². The minimum absolute atomic E-state index is 0.410. The summed E-state index contributed by atoms with van der Waals surface area (Å²) in [7, 11) is 1.61. The van der Waals surface area contributed by atoms with E-state index in [-0.39, 0.29) is 0 Å². The maximum Gasteiger partial charge on any atom is 0.140 e. The quantitative estimate of drug-likeness (QED) is 0.314. The van der Waals surface area contributed by atoms with Crippen molar-refractivity contribution >= 4 is 6.21 Å². The summed E-state index contributed by atoms with van der Waals surface area (Å²) in [5.41, 5.74) is 5.08. The maximum atomic E-state index is 5.08. The van der Waals surface area contributed by atoms with Crippen molar-refractivity contribution in [3.63, 3.8) is 0 Å². The molecule has 0 aliphatic carbocycles. The van der Waals surface area contributed by atoms with Gasteiger partial charge in [-0.1, -0.05) is 5.16 Å². The molecule has 0 radical (unpaired) electrons. The van der Waals surface area contributed by atoms with E-state index in [9.17, 15) is 0 Å². The molecule has 2 N–H and O–H groups in total. The van der Waals surface area contributed by atoms with Gasteiger partial charge in [0.1, 0.15) is 6.61 Å². The molecule has 0 amide bonds. The molecule has 0 aromatic rings. The standard InChI is InChI=1S/C5H12N2O2/c1-8-4-5-9-7-3-2-6/h3H,2,4-6H2,1H3. The van der Waals surface area contributed by atoms with Gasteiger partial charge in [0.05, 0.1) is 12.8 Å². The van der Waals surface area contributed by atoms with Crippen LogP contribution in [0.15, 0.2) is 5.16 Å². The number of rotatable bonds is 5. The molecule has 9 heavy (non-hydrogen) atoms. The lowest BCUT2D eigenvalue weighted by atomic mass is 10.8. The highest BCUT2D eigenvalue weighted by Gasteiger charge is 1.78. The van der Waals surface area contributed by atoms with Crippen LogP contribution in [-0.2, 0) is 9.57 Å². The third-order valence-electron chi connectivity index (χ3n) is 0.633. The minimum atomic E-state index is 0.410. The molecular weight excluding hydrogens is 120 g/mol. The zero-order valence-corrected chi connectivity index (χ0v) is 5.54. The summed E-state index contributed by atoms with van der Waals surface area (Å²) in [6.45, 7) is 1.45. The van der Waals surface area contributed by atoms with E-state index >= 15 is 0 Å². The van der Waals surface area contributed by atoms with Gasteiger partial charge in [0.2, 0.25) is 0 Å². The van der Waals surface area contributed by atoms with Crippen LogP contribution >= 0.6 is 0 Å². The highest BCUT2D eigenvalue weighted by atomic mass is 16.6. The van der Waals surface area contributed by atoms with E-state index in [1.165, 1.54) is 6.21 Å². The zero-order chi connectivity index (χ0) is 6.95. The molecular formula is C5H12N2O2. The van der Waals surface area contributed by atoms with Gasteiger partial charge in [-0.25, -0.2) is 0 Å². The Morgan fingerprint density at radius 2 is 2.33 bits per heavy atom. The van der Waals surface area contributed by atoms with Crippen LogP contribution in [-0.4, -0.2) is 33.1 Å². The SMILES string of the molecule is COCCON=CCN. The molecule has 0 atom stereocenters. The first-order chi connectivity index (χ1) is 4.41. The Morgan fingerprint density at radius 1 is 1.56 bits per heavy atom. The lowest BCUT2D eigenvalue weighted by Gasteiger charge is -1.94. The van der Waals surface area contributed by atoms with Crippen LogP contribution in [0.2, 0.25) is 0 Å². The van der Waals surface area contributed by atoms with Crippen molar-refractivity contribution in [1.29, 1.82) is 0 Å². The molecule has 0 spiro atoms. The predicted octanol–water partition coefficient (Wildman–Crippen LogP) is -0.406. The largest absolute Gasteiger partial charge is 0.394 e. The van der Waals surface area contributed by atoms with Crippen molar-refractivity contribution in [1.82, 2.24) is 0 Å². The van der Waals surface area contributed by atoms with Crippen LogP contribution in [0, 0.1) is 0 Å². The molecule has 4 heteroatoms. The highest BCUT2D eigenvalue weighted by molar-refractivity contribution is 5.58. The number of ether oxygens (including phenoxy) is 1. The van der Waals surface area contributed by atoms with Gasteiger partial charge in [0.15, 0.2) is 0 Å². The fraction of sp³-hybridized carbons (Fsp3) is 0.800. The first-order valence-electron chi connectivity index (χ1n) is 2.74. The summed E-state index contributed by atoms with van der Waals surface area (Å²) in [6.07, 6.45) is 1.50. The topological polar surface area (TPSA) is 56.8 Å². The Morgan fingerprint density at radius 3 is 2.89 bits per heavy atom. The van der Waals surface area contributed by atoms with Crippen LogP contribution in [0.5, 0.6) is 0 Å². The van der Waals surface area contributed by atoms with Gasteiger partial charge in [-0.05, 0) is 0 Å². The molecule has 0 bridgehead atoms. The van der Waals surface area contributed by atoms with E-state index < -0.39 is 0 Å². The van der Waals surface area contributed by atoms with Gasteiger partial charge in [-0.3, -0.25) is 0 Å². The number of methoxy groups -OCH3 is 1. The fourth-order valence-corrected chi connectivity index (χ4v) is 0.269. The van der Waals surface area contributed by atoms with Crippen molar-refractivity contribution < 1.29 is 9.57 Å². The van der Waals surface area contributed by atoms with Gasteiger partial charge in [0.25, 0.3) is 0 Å². The Hall–Kier alpha value is -0.610. The van der Waals surface area contributed by atoms with E-state index in [0.29, 0.717) is 19.8 Å². The third kappa shape index (κ3) is 7.39. The summed E-state index contributed by atoms with van der Waals surface area (Å²) < 4.78 is 4.69. The van der Waals surface area contributed by atoms with Crippen LogP contribution in [0.1, 0.15) is 0 Å². The van der Waals surface area contributed by atoms with Crippen molar-refractivity contribution in [2.24, 2.45) is 10.9 Å². The lowest BCUT2D eigenvalue weighted by Crippen LogP contribution is -2.01. The van der Waals surface area contributed by atoms with Crippen LogP contribution < -0.4 is 5.73 Å². The highest BCUT2D eigenvalue weighted by Crippen LogP contribution is 1.73. The molecule has 0 heterocycles. The average molecular weight is 132 g/mol. The second-order valence-electron chi connectivity index (χ2n) is 1.35. The monoisotopic (exact) mass is 132 g/mol. The fourth-order valence-electron chi connectivity index (χ4n) is 0.269. The molecule has 0 unspecified atom stereocenters. The van der Waals surface area contributed by atoms with Crippen LogP contribution in [0.3, 0.4) is 0 Å². The molecule has 0 fully saturated rings. The number of hydrogen-bond donors (Lipinski definition) is 1. The Balaban J connectivity index is 2.82. The molecule has 0 saturated heterocycles. The van der Waals surface area contributed by atoms with E-state index in [4.69, 9.17) is 10.5 Å². The molecule has 54 valence electrons. The first kappa shape index (κ1) is 8.39. The summed E-state index contributed by atoms with van der Waals surface area (Å²) in [6, 6.07) is 0. The second-order valence-corrected chi connectivity index (χ2v) is 1.35. The summed E-state index contributed by atoms with van der Waals surface area (Å²) >= 11 is 0. The second kappa shape index (κ2) is 7.39. The number of oxime groups is 1. The average Bonchev–Trinajstić information content (AvgIpc) is 1.89. The van der Waals surface area contributed by atoms with E-state index in [1.807, 2.05) is 0 Å². The van der Waals surface area contributed by atoms with Gasteiger partial charge in [-0.2, -0.15) is 0 Å². The maximum absolute atomic E-state index is 5.08. The molecule has 0 aromatic carbocycles. The third-order valence-corrected chi connectivity index (χ3v) is 0.633. The molecule has 0 aliphatic rings. The summed E-state index contributed by atoms with van der Waals surface area (Å²) in [5, 5.41) is 3.50. The van der Waals surface area contributed by atoms with Gasteiger partial charge >= 0.3 is 0 Å². The molecule has 0 rings (SSSR count). The molecule has 0 saturated carbocycles. The number of nitrogens with zero attached hydrogens (tertiary/aromatic N) is 1. The van der Waals surface area contributed by atoms with E-state index in [2.05, 4.69) is 9.99 Å². The summed E-state index contributed by atoms with van der Waals surface area (Å²) in [5.74, 6) is 0. The molecule has 0 aliphatic heterocycles. The van der Waals surface area contributed by atoms with E-state index in [0.717, 1.165) is 0 Å². The zero-order valence-electron chi connectivity index (χ0n) is 5.54. The van der Waals surface area contributed by atoms with Gasteiger partial charge in [0, 0.05) is 13.7 Å². The van der Waals surface area contributed by atoms with Crippen LogP contribution in [0.4, 0.5) is 0 Å². The normalized spacial score (nSPS) is 10.4. The molecule has 4 nitrogen and oxygen atoms in total. The van der Waals surface area contributed by atoms with Crippen molar-refractivity contribution in [2.45, 2.75) is 0 Å². The predicted molar refractivity (Wildman–Crippen MR) is 35.4 cm³/mol. The Kier molecular flexibility index (Phi) is 6.89. The summed E-state index contributed by atoms with van der Waals surface area (Å²) in [4.78, 5) is 4.68. The van der Waals surface area contributed by atoms with Crippen molar-refractivity contribution in [3.05, 3.63) is 0 Å². The van der Waals surface area contributed by atoms with Crippen molar-refractivity contribution in [3.8, 4) is 0 Å². The van der Waals surface area contributed by atoms with Gasteiger partial charge in [-0.15, -0.1) is 0 Å². The smallest absolute Gasteiger partial charge is 0.140 e. The Bertz CT molecular complexity index is 75.4. The minimum Gasteiger partial charge on any atom is -0.394 e. The lowest BCUT2D eigenvalue weighted by molar-refractivity contribution is 0.0757. The van der Waals surface area contributed by atoms with Crippen LogP contribution in [0.25, 0.3) is 0 Å². The molecule has 0 aromatic heterocycles. The Labute approximate surface area is 54.6 Å². The number of nitrogens with two attached hydrogens (primary N) is 1. The first-order valence-corrected chi connectivity index (χ1v) is 2.74. The van der Waals surface area contributed by atoms with Crippen molar-refractivity contribution in [2.75, 3.05) is 26.9 Å². The van der Waals surface area contributed by atoms with E-state index in [1.54, 1.807) is 7.11 Å². The number of hydrogen-bond acceptors (Lipinski definition) is 4.